The van der Waals surface area contributed by atoms with Gasteiger partial charge in [-0.05, 0) is 86.0 Å². The quantitative estimate of drug-likeness (QED) is 0.573. The Balaban J connectivity index is 1.39. The van der Waals surface area contributed by atoms with E-state index in [2.05, 4.69) is 10.2 Å². The molecule has 0 amide bonds. The van der Waals surface area contributed by atoms with Gasteiger partial charge in [0.05, 0.1) is 0 Å². The zero-order valence-corrected chi connectivity index (χ0v) is 18.0. The molecule has 2 aromatic rings. The lowest BCUT2D eigenvalue weighted by molar-refractivity contribution is -0.163. The summed E-state index contributed by atoms with van der Waals surface area (Å²) >= 11 is 0. The van der Waals surface area contributed by atoms with Gasteiger partial charge in [-0.25, -0.2) is 4.39 Å². The number of hydrogen-bond acceptors (Lipinski definition) is 3. The number of hydrogen-bond donors (Lipinski definition) is 2. The zero-order valence-electron chi connectivity index (χ0n) is 18.0. The lowest BCUT2D eigenvalue weighted by atomic mass is 9.76. The van der Waals surface area contributed by atoms with Crippen LogP contribution in [-0.4, -0.2) is 48.4 Å². The van der Waals surface area contributed by atoms with Gasteiger partial charge in [0.25, 0.3) is 0 Å². The minimum atomic E-state index is -4.29. The molecule has 3 atom stereocenters. The molecule has 2 N–H and O–H groups in total. The van der Waals surface area contributed by atoms with Crippen molar-refractivity contribution < 1.29 is 22.7 Å². The van der Waals surface area contributed by atoms with Gasteiger partial charge in [0.15, 0.2) is 0 Å². The molecule has 0 saturated carbocycles. The van der Waals surface area contributed by atoms with Gasteiger partial charge >= 0.3 is 6.18 Å². The Kier molecular flexibility index (Phi) is 7.17. The van der Waals surface area contributed by atoms with Crippen molar-refractivity contribution in [3.63, 3.8) is 0 Å². The predicted molar refractivity (Wildman–Crippen MR) is 116 cm³/mol. The van der Waals surface area contributed by atoms with E-state index in [0.717, 1.165) is 38.0 Å². The van der Waals surface area contributed by atoms with Gasteiger partial charge in [0.2, 0.25) is 0 Å². The van der Waals surface area contributed by atoms with Gasteiger partial charge < -0.3 is 15.3 Å². The third-order valence-corrected chi connectivity index (χ3v) is 7.05. The molecule has 0 aliphatic carbocycles. The smallest absolute Gasteiger partial charge is 0.384 e. The second kappa shape index (κ2) is 9.89. The van der Waals surface area contributed by atoms with Crippen molar-refractivity contribution in [2.75, 3.05) is 26.2 Å². The van der Waals surface area contributed by atoms with Crippen LogP contribution in [0, 0.1) is 17.7 Å². The summed E-state index contributed by atoms with van der Waals surface area (Å²) in [6.45, 7) is 2.96. The Morgan fingerprint density at radius 2 is 1.72 bits per heavy atom. The molecule has 3 fully saturated rings. The first kappa shape index (κ1) is 23.2. The highest BCUT2D eigenvalue weighted by molar-refractivity contribution is 5.36. The van der Waals surface area contributed by atoms with E-state index in [1.54, 1.807) is 12.1 Å². The van der Waals surface area contributed by atoms with E-state index >= 15 is 0 Å². The first-order valence-corrected chi connectivity index (χ1v) is 11.3. The minimum Gasteiger partial charge on any atom is -0.384 e. The van der Waals surface area contributed by atoms with Gasteiger partial charge in [-0.15, -0.1) is 0 Å². The van der Waals surface area contributed by atoms with Gasteiger partial charge in [0, 0.05) is 6.54 Å². The number of aliphatic hydroxyl groups is 1. The summed E-state index contributed by atoms with van der Waals surface area (Å²) in [5.74, 6) is 0.0991. The summed E-state index contributed by atoms with van der Waals surface area (Å²) < 4.78 is 54.5. The molecule has 3 nitrogen and oxygen atoms in total. The summed E-state index contributed by atoms with van der Waals surface area (Å²) in [7, 11) is 0. The van der Waals surface area contributed by atoms with Crippen LogP contribution in [0.1, 0.15) is 42.1 Å². The normalized spacial score (nSPS) is 25.0. The monoisotopic (exact) mass is 450 g/mol. The maximum absolute atomic E-state index is 13.8. The molecule has 32 heavy (non-hydrogen) atoms. The zero-order chi connectivity index (χ0) is 22.7. The molecular weight excluding hydrogens is 420 g/mol. The maximum atomic E-state index is 13.8. The number of rotatable bonds is 8. The lowest BCUT2D eigenvalue weighted by Gasteiger charge is -2.46. The molecule has 2 bridgehead atoms. The molecule has 3 saturated heterocycles. The van der Waals surface area contributed by atoms with Gasteiger partial charge in [0.1, 0.15) is 18.0 Å². The highest BCUT2D eigenvalue weighted by Gasteiger charge is 2.43. The van der Waals surface area contributed by atoms with Crippen molar-refractivity contribution >= 4 is 0 Å². The molecule has 2 unspecified atom stereocenters. The number of alkyl halides is 3. The Bertz CT molecular complexity index is 878. The first-order valence-electron chi connectivity index (χ1n) is 11.3. The van der Waals surface area contributed by atoms with E-state index in [-0.39, 0.29) is 24.7 Å². The number of halogens is 4. The molecule has 3 heterocycles. The maximum Gasteiger partial charge on any atom is 0.403 e. The van der Waals surface area contributed by atoms with E-state index in [0.29, 0.717) is 23.5 Å². The van der Waals surface area contributed by atoms with Crippen molar-refractivity contribution in [2.24, 2.45) is 11.8 Å². The third kappa shape index (κ3) is 5.50. The van der Waals surface area contributed by atoms with Crippen molar-refractivity contribution in [1.82, 2.24) is 10.2 Å². The Hall–Kier alpha value is -1.96. The van der Waals surface area contributed by atoms with Crippen molar-refractivity contribution in [3.05, 3.63) is 71.0 Å². The van der Waals surface area contributed by atoms with E-state index < -0.39 is 18.3 Å². The van der Waals surface area contributed by atoms with Crippen LogP contribution in [-0.2, 0) is 6.42 Å². The summed E-state index contributed by atoms with van der Waals surface area (Å²) in [6.07, 6.45) is -2.77. The average molecular weight is 451 g/mol. The van der Waals surface area contributed by atoms with Crippen LogP contribution < -0.4 is 5.32 Å². The number of fused-ring (bicyclic) bond motifs is 3. The molecule has 0 radical (unpaired) electrons. The summed E-state index contributed by atoms with van der Waals surface area (Å²) in [6, 6.07) is 11.2. The molecule has 0 aromatic heterocycles. The molecule has 7 heteroatoms. The van der Waals surface area contributed by atoms with Crippen molar-refractivity contribution in [2.45, 2.75) is 44.0 Å². The van der Waals surface area contributed by atoms with Crippen LogP contribution in [0.4, 0.5) is 17.6 Å². The molecule has 3 aliphatic heterocycles. The molecular formula is C25H30F4N2O. The van der Waals surface area contributed by atoms with Crippen LogP contribution >= 0.6 is 0 Å². The number of benzene rings is 2. The summed E-state index contributed by atoms with van der Waals surface area (Å²) in [5.41, 5.74) is 1.95. The number of nitrogens with one attached hydrogen (secondary N) is 1. The highest BCUT2D eigenvalue weighted by atomic mass is 19.4. The van der Waals surface area contributed by atoms with Gasteiger partial charge in [-0.1, -0.05) is 36.4 Å². The van der Waals surface area contributed by atoms with Crippen LogP contribution in [0.25, 0.3) is 0 Å². The van der Waals surface area contributed by atoms with E-state index in [4.69, 9.17) is 0 Å². The van der Waals surface area contributed by atoms with Crippen molar-refractivity contribution in [3.8, 4) is 0 Å². The topological polar surface area (TPSA) is 35.5 Å². The van der Waals surface area contributed by atoms with Crippen molar-refractivity contribution in [1.29, 1.82) is 0 Å². The fraction of sp³-hybridized carbons (Fsp3) is 0.520. The molecule has 0 spiro atoms. The van der Waals surface area contributed by atoms with Crippen LogP contribution in [0.2, 0.25) is 0 Å². The van der Waals surface area contributed by atoms with Gasteiger partial charge in [-0.3, -0.25) is 0 Å². The minimum absolute atomic E-state index is 0.0872. The third-order valence-electron chi connectivity index (χ3n) is 7.05. The number of aliphatic hydroxyl groups excluding tert-OH is 1. The first-order chi connectivity index (χ1) is 15.3. The number of nitrogens with zero attached hydrogens (tertiary/aromatic N) is 1. The SMILES string of the molecule is OC(c1ccc(F)cc1)c1ccccc1CCNC(C[C@@H]1CN2CCC1CC2)C(F)(F)F. The largest absolute Gasteiger partial charge is 0.403 e. The Morgan fingerprint density at radius 3 is 2.34 bits per heavy atom. The van der Waals surface area contributed by atoms with Crippen LogP contribution in [0.3, 0.4) is 0 Å². The Labute approximate surface area is 186 Å². The molecule has 2 aromatic carbocycles. The second-order valence-electron chi connectivity index (χ2n) is 9.09. The Morgan fingerprint density at radius 1 is 1.03 bits per heavy atom. The van der Waals surface area contributed by atoms with E-state index in [1.165, 1.54) is 24.3 Å². The molecule has 3 aliphatic rings. The number of piperidine rings is 3. The van der Waals surface area contributed by atoms with Crippen LogP contribution in [0.15, 0.2) is 48.5 Å². The molecule has 5 rings (SSSR count). The standard InChI is InChI=1S/C25H30F4N2O/c26-21-7-5-19(6-8-21)24(32)22-4-2-1-3-18(22)9-12-30-23(25(27,28)29)15-20-16-31-13-10-17(20)11-14-31/h1-8,17,20,23-24,30,32H,9-16H2/t20-,23?,24?/m1/s1. The molecule has 174 valence electrons. The average Bonchev–Trinajstić information content (AvgIpc) is 2.79. The highest BCUT2D eigenvalue weighted by Crippen LogP contribution is 2.37. The lowest BCUT2D eigenvalue weighted by Crippen LogP contribution is -2.52. The van der Waals surface area contributed by atoms with E-state index in [9.17, 15) is 22.7 Å². The summed E-state index contributed by atoms with van der Waals surface area (Å²) in [4.78, 5) is 2.28. The van der Waals surface area contributed by atoms with E-state index in [1.807, 2.05) is 12.1 Å². The fourth-order valence-electron chi connectivity index (χ4n) is 5.22. The van der Waals surface area contributed by atoms with Crippen LogP contribution in [0.5, 0.6) is 0 Å². The van der Waals surface area contributed by atoms with Gasteiger partial charge in [-0.2, -0.15) is 13.2 Å². The fourth-order valence-corrected chi connectivity index (χ4v) is 5.22. The summed E-state index contributed by atoms with van der Waals surface area (Å²) in [5, 5.41) is 13.5. The predicted octanol–water partition coefficient (Wildman–Crippen LogP) is 4.70. The second-order valence-corrected chi connectivity index (χ2v) is 9.09.